The third-order valence-corrected chi connectivity index (χ3v) is 5.51. The Morgan fingerprint density at radius 3 is 2.21 bits per heavy atom. The normalized spacial score (nSPS) is 30.1. The van der Waals surface area contributed by atoms with Gasteiger partial charge in [0.15, 0.2) is 9.84 Å². The third-order valence-electron chi connectivity index (χ3n) is 3.89. The van der Waals surface area contributed by atoms with Gasteiger partial charge >= 0.3 is 5.97 Å². The fourth-order valence-electron chi connectivity index (χ4n) is 2.87. The van der Waals surface area contributed by atoms with E-state index in [0.717, 1.165) is 11.8 Å². The molecular weight excluding hydrogens is 266 g/mol. The molecule has 0 radical (unpaired) electrons. The molecule has 5 nitrogen and oxygen atoms in total. The van der Waals surface area contributed by atoms with Gasteiger partial charge in [0.25, 0.3) is 0 Å². The number of carboxylic acid groups (broad SMARTS) is 1. The standard InChI is InChI=1S/C13H17NO4S/c1-8-3-5-9(6-4-8)10-11(19(2,17)18)13(10,7-14)12(15)16/h3-6,10-11H,7,14H2,1-2H3,(H,15,16)/t10-,11+,13+/m1/s1. The monoisotopic (exact) mass is 283 g/mol. The summed E-state index contributed by atoms with van der Waals surface area (Å²) in [6.45, 7) is 1.73. The van der Waals surface area contributed by atoms with Crippen molar-refractivity contribution in [2.24, 2.45) is 11.1 Å². The molecule has 0 bridgehead atoms. The summed E-state index contributed by atoms with van der Waals surface area (Å²) in [4.78, 5) is 11.5. The molecule has 6 heteroatoms. The molecule has 1 aliphatic carbocycles. The van der Waals surface area contributed by atoms with E-state index in [0.29, 0.717) is 5.56 Å². The SMILES string of the molecule is Cc1ccc([C@@H]2[C@H](S(C)(=O)=O)[C@@]2(CN)C(=O)O)cc1. The number of carbonyl (C=O) groups is 1. The first-order chi connectivity index (χ1) is 8.75. The highest BCUT2D eigenvalue weighted by atomic mass is 32.2. The minimum atomic E-state index is -3.46. The molecular formula is C13H17NO4S. The fraction of sp³-hybridized carbons (Fsp3) is 0.462. The van der Waals surface area contributed by atoms with Gasteiger partial charge in [-0.2, -0.15) is 0 Å². The highest BCUT2D eigenvalue weighted by Gasteiger charge is 2.74. The lowest BCUT2D eigenvalue weighted by Crippen LogP contribution is -2.31. The lowest BCUT2D eigenvalue weighted by Gasteiger charge is -2.09. The van der Waals surface area contributed by atoms with E-state index in [4.69, 9.17) is 5.73 Å². The molecule has 0 aromatic heterocycles. The lowest BCUT2D eigenvalue weighted by molar-refractivity contribution is -0.143. The van der Waals surface area contributed by atoms with Gasteiger partial charge in [-0.05, 0) is 12.5 Å². The average Bonchev–Trinajstić information content (AvgIpc) is 3.00. The zero-order valence-electron chi connectivity index (χ0n) is 10.8. The predicted molar refractivity (Wildman–Crippen MR) is 71.7 cm³/mol. The Morgan fingerprint density at radius 2 is 1.89 bits per heavy atom. The summed E-state index contributed by atoms with van der Waals surface area (Å²) in [5.74, 6) is -1.71. The Kier molecular flexibility index (Phi) is 3.18. The van der Waals surface area contributed by atoms with Gasteiger partial charge in [0.1, 0.15) is 5.41 Å². The molecule has 1 aromatic carbocycles. The van der Waals surface area contributed by atoms with Crippen molar-refractivity contribution in [3.05, 3.63) is 35.4 Å². The van der Waals surface area contributed by atoms with Crippen LogP contribution in [0.2, 0.25) is 0 Å². The van der Waals surface area contributed by atoms with Gasteiger partial charge in [-0.1, -0.05) is 29.8 Å². The van der Waals surface area contributed by atoms with E-state index in [-0.39, 0.29) is 6.54 Å². The van der Waals surface area contributed by atoms with E-state index in [1.807, 2.05) is 19.1 Å². The summed E-state index contributed by atoms with van der Waals surface area (Å²) in [5.41, 5.74) is 5.94. The predicted octanol–water partition coefficient (Wildman–Crippen LogP) is 0.535. The van der Waals surface area contributed by atoms with Crippen molar-refractivity contribution in [3.63, 3.8) is 0 Å². The largest absolute Gasteiger partial charge is 0.481 e. The van der Waals surface area contributed by atoms with Crippen molar-refractivity contribution in [2.45, 2.75) is 18.1 Å². The van der Waals surface area contributed by atoms with Crippen LogP contribution in [0.3, 0.4) is 0 Å². The molecule has 1 saturated carbocycles. The number of sulfone groups is 1. The van der Waals surface area contributed by atoms with E-state index in [1.54, 1.807) is 12.1 Å². The summed E-state index contributed by atoms with van der Waals surface area (Å²) in [5, 5.41) is 8.44. The van der Waals surface area contributed by atoms with Crippen LogP contribution in [-0.4, -0.2) is 37.5 Å². The zero-order chi connectivity index (χ0) is 14.4. The topological polar surface area (TPSA) is 97.5 Å². The molecule has 0 saturated heterocycles. The molecule has 0 aliphatic heterocycles. The van der Waals surface area contributed by atoms with Gasteiger partial charge < -0.3 is 10.8 Å². The van der Waals surface area contributed by atoms with Gasteiger partial charge in [0.05, 0.1) is 5.25 Å². The average molecular weight is 283 g/mol. The van der Waals surface area contributed by atoms with Crippen molar-refractivity contribution in [2.75, 3.05) is 12.8 Å². The molecule has 2 rings (SSSR count). The van der Waals surface area contributed by atoms with Crippen molar-refractivity contribution in [1.29, 1.82) is 0 Å². The van der Waals surface area contributed by atoms with E-state index in [2.05, 4.69) is 0 Å². The lowest BCUT2D eigenvalue weighted by atomic mass is 9.99. The smallest absolute Gasteiger partial charge is 0.312 e. The Hall–Kier alpha value is -1.40. The Morgan fingerprint density at radius 1 is 1.37 bits per heavy atom. The maximum absolute atomic E-state index is 11.8. The number of carboxylic acids is 1. The Balaban J connectivity index is 2.50. The second-order valence-electron chi connectivity index (χ2n) is 5.19. The van der Waals surface area contributed by atoms with Crippen LogP contribution >= 0.6 is 0 Å². The number of hydrogen-bond donors (Lipinski definition) is 2. The van der Waals surface area contributed by atoms with E-state index < -0.39 is 32.4 Å². The fourth-order valence-corrected chi connectivity index (χ4v) is 4.79. The second-order valence-corrected chi connectivity index (χ2v) is 7.36. The van der Waals surface area contributed by atoms with Crippen LogP contribution in [0.4, 0.5) is 0 Å². The summed E-state index contributed by atoms with van der Waals surface area (Å²) in [7, 11) is -3.46. The molecule has 1 aliphatic rings. The number of hydrogen-bond acceptors (Lipinski definition) is 4. The summed E-state index contributed by atoms with van der Waals surface area (Å²) >= 11 is 0. The first-order valence-corrected chi connectivity index (χ1v) is 7.89. The Bertz CT molecular complexity index is 608. The number of rotatable bonds is 4. The van der Waals surface area contributed by atoms with Crippen molar-refractivity contribution in [3.8, 4) is 0 Å². The Labute approximate surface area is 112 Å². The van der Waals surface area contributed by atoms with Crippen LogP contribution in [-0.2, 0) is 14.6 Å². The first kappa shape index (κ1) is 14.0. The summed E-state index contributed by atoms with van der Waals surface area (Å²) in [6, 6.07) is 7.24. The molecule has 0 heterocycles. The molecule has 0 unspecified atom stereocenters. The zero-order valence-corrected chi connectivity index (χ0v) is 11.6. The quantitative estimate of drug-likeness (QED) is 0.840. The minimum Gasteiger partial charge on any atom is -0.481 e. The number of benzene rings is 1. The molecule has 3 atom stereocenters. The highest BCUT2D eigenvalue weighted by Crippen LogP contribution is 2.62. The molecule has 104 valence electrons. The van der Waals surface area contributed by atoms with Crippen molar-refractivity contribution in [1.82, 2.24) is 0 Å². The van der Waals surface area contributed by atoms with Gasteiger partial charge in [-0.15, -0.1) is 0 Å². The van der Waals surface area contributed by atoms with E-state index >= 15 is 0 Å². The molecule has 0 amide bonds. The van der Waals surface area contributed by atoms with Crippen LogP contribution in [0, 0.1) is 12.3 Å². The van der Waals surface area contributed by atoms with Gasteiger partial charge in [-0.3, -0.25) is 4.79 Å². The molecule has 3 N–H and O–H groups in total. The minimum absolute atomic E-state index is 0.182. The van der Waals surface area contributed by atoms with Crippen LogP contribution in [0.25, 0.3) is 0 Å². The molecule has 19 heavy (non-hydrogen) atoms. The van der Waals surface area contributed by atoms with E-state index in [9.17, 15) is 18.3 Å². The van der Waals surface area contributed by atoms with Crippen molar-refractivity contribution < 1.29 is 18.3 Å². The van der Waals surface area contributed by atoms with Gasteiger partial charge in [-0.25, -0.2) is 8.42 Å². The van der Waals surface area contributed by atoms with Crippen LogP contribution in [0.1, 0.15) is 17.0 Å². The number of aryl methyl sites for hydroxylation is 1. The number of nitrogens with two attached hydrogens (primary N) is 1. The maximum Gasteiger partial charge on any atom is 0.312 e. The van der Waals surface area contributed by atoms with Gasteiger partial charge in [0, 0.05) is 18.7 Å². The molecule has 1 fully saturated rings. The molecule has 1 aromatic rings. The number of aliphatic carboxylic acids is 1. The highest BCUT2D eigenvalue weighted by molar-refractivity contribution is 7.91. The maximum atomic E-state index is 11.8. The summed E-state index contributed by atoms with van der Waals surface area (Å²) < 4.78 is 23.6. The second kappa shape index (κ2) is 4.31. The van der Waals surface area contributed by atoms with Gasteiger partial charge in [0.2, 0.25) is 0 Å². The third kappa shape index (κ3) is 2.04. The van der Waals surface area contributed by atoms with E-state index in [1.165, 1.54) is 0 Å². The van der Waals surface area contributed by atoms with Crippen LogP contribution in [0.5, 0.6) is 0 Å². The van der Waals surface area contributed by atoms with Crippen LogP contribution < -0.4 is 5.73 Å². The summed E-state index contributed by atoms with van der Waals surface area (Å²) in [6.07, 6.45) is 1.07. The van der Waals surface area contributed by atoms with Crippen LogP contribution in [0.15, 0.2) is 24.3 Å². The van der Waals surface area contributed by atoms with Crippen molar-refractivity contribution >= 4 is 15.8 Å². The first-order valence-electron chi connectivity index (χ1n) is 5.94. The molecule has 0 spiro atoms.